The number of carbonyl (C=O) groups is 1. The van der Waals surface area contributed by atoms with Gasteiger partial charge in [-0.05, 0) is 107 Å². The molecular weight excluding hydrogens is 598 g/mol. The van der Waals surface area contributed by atoms with Crippen LogP contribution in [0.3, 0.4) is 0 Å². The Bertz CT molecular complexity index is 1770. The minimum Gasteiger partial charge on any atom is -0.369 e. The first-order valence-electron chi connectivity index (χ1n) is 14.6. The van der Waals surface area contributed by atoms with Gasteiger partial charge in [0.15, 0.2) is 0 Å². The molecule has 6 rings (SSSR count). The maximum Gasteiger partial charge on any atom is 0.265 e. The number of rotatable bonds is 7. The van der Waals surface area contributed by atoms with E-state index >= 15 is 0 Å². The molecule has 0 saturated carbocycles. The monoisotopic (exact) mass is 633 g/mol. The molecule has 2 heterocycles. The molecule has 1 saturated heterocycles. The van der Waals surface area contributed by atoms with Crippen molar-refractivity contribution < 1.29 is 13.2 Å². The molecule has 3 aromatic carbocycles. The Kier molecular flexibility index (Phi) is 8.39. The molecule has 0 atom stereocenters. The van der Waals surface area contributed by atoms with E-state index in [1.165, 1.54) is 23.1 Å². The molecule has 43 heavy (non-hydrogen) atoms. The van der Waals surface area contributed by atoms with E-state index in [-0.39, 0.29) is 10.3 Å². The van der Waals surface area contributed by atoms with Crippen molar-refractivity contribution in [2.75, 3.05) is 37.6 Å². The van der Waals surface area contributed by atoms with Gasteiger partial charge in [-0.2, -0.15) is 0 Å². The number of thiophene rings is 1. The lowest BCUT2D eigenvalue weighted by atomic mass is 9.72. The third kappa shape index (κ3) is 6.83. The molecule has 1 N–H and O–H groups in total. The number of piperazine rings is 1. The van der Waals surface area contributed by atoms with Crippen molar-refractivity contribution in [1.82, 2.24) is 9.62 Å². The van der Waals surface area contributed by atoms with Crippen molar-refractivity contribution >= 4 is 60.2 Å². The van der Waals surface area contributed by atoms with E-state index < -0.39 is 15.9 Å². The fraction of sp³-hybridized carbons (Fsp3) is 0.324. The van der Waals surface area contributed by atoms with Gasteiger partial charge in [0, 0.05) is 53.7 Å². The topological polar surface area (TPSA) is 69.7 Å². The van der Waals surface area contributed by atoms with Gasteiger partial charge in [-0.3, -0.25) is 9.69 Å². The van der Waals surface area contributed by atoms with E-state index in [2.05, 4.69) is 40.5 Å². The molecule has 0 spiro atoms. The lowest BCUT2D eigenvalue weighted by molar-refractivity contribution is 0.0981. The summed E-state index contributed by atoms with van der Waals surface area (Å²) in [4.78, 5) is 17.6. The van der Waals surface area contributed by atoms with E-state index in [0.717, 1.165) is 66.4 Å². The molecule has 1 aromatic heterocycles. The Labute approximate surface area is 263 Å². The zero-order valence-corrected chi connectivity index (χ0v) is 26.9. The summed E-state index contributed by atoms with van der Waals surface area (Å²) in [5.41, 5.74) is 5.86. The highest BCUT2D eigenvalue weighted by Crippen LogP contribution is 2.43. The molecule has 1 aliphatic heterocycles. The zero-order chi connectivity index (χ0) is 30.2. The summed E-state index contributed by atoms with van der Waals surface area (Å²) >= 11 is 7.75. The number of allylic oxidation sites excluding steroid dienone is 1. The molecule has 1 amide bonds. The maximum atomic E-state index is 13.0. The Morgan fingerprint density at radius 1 is 0.953 bits per heavy atom. The lowest BCUT2D eigenvalue weighted by Crippen LogP contribution is -2.47. The van der Waals surface area contributed by atoms with Gasteiger partial charge in [0.25, 0.3) is 15.9 Å². The number of anilines is 1. The first kappa shape index (κ1) is 29.9. The first-order chi connectivity index (χ1) is 20.6. The highest BCUT2D eigenvalue weighted by molar-refractivity contribution is 7.90. The minimum absolute atomic E-state index is 0.0711. The first-order valence-corrected chi connectivity index (χ1v) is 17.4. The van der Waals surface area contributed by atoms with Crippen LogP contribution in [-0.4, -0.2) is 51.9 Å². The summed E-state index contributed by atoms with van der Waals surface area (Å²) < 4.78 is 29.2. The number of carbonyl (C=O) groups excluding carboxylic acids is 1. The molecule has 0 radical (unpaired) electrons. The van der Waals surface area contributed by atoms with E-state index in [1.54, 1.807) is 35.6 Å². The van der Waals surface area contributed by atoms with Crippen molar-refractivity contribution in [3.8, 4) is 0 Å². The average Bonchev–Trinajstić information content (AvgIpc) is 3.47. The van der Waals surface area contributed by atoms with Gasteiger partial charge in [-0.25, -0.2) is 13.1 Å². The van der Waals surface area contributed by atoms with Gasteiger partial charge in [0.1, 0.15) is 0 Å². The molecule has 0 bridgehead atoms. The number of nitrogens with zero attached hydrogens (tertiary/aromatic N) is 2. The number of hydrogen-bond acceptors (Lipinski definition) is 6. The van der Waals surface area contributed by atoms with Crippen LogP contribution >= 0.6 is 22.9 Å². The van der Waals surface area contributed by atoms with Crippen LogP contribution in [0.25, 0.3) is 15.7 Å². The third-order valence-corrected chi connectivity index (χ3v) is 11.1. The van der Waals surface area contributed by atoms with Crippen LogP contribution in [-0.2, 0) is 10.0 Å². The van der Waals surface area contributed by atoms with Crippen LogP contribution in [0, 0.1) is 5.41 Å². The van der Waals surface area contributed by atoms with Crippen LogP contribution in [0.2, 0.25) is 5.02 Å². The molecule has 4 aromatic rings. The summed E-state index contributed by atoms with van der Waals surface area (Å²) in [5, 5.41) is 3.62. The number of fused-ring (bicyclic) bond motifs is 1. The van der Waals surface area contributed by atoms with Crippen LogP contribution < -0.4 is 9.62 Å². The smallest absolute Gasteiger partial charge is 0.265 e. The molecule has 0 unspecified atom stereocenters. The van der Waals surface area contributed by atoms with E-state index in [1.807, 2.05) is 41.8 Å². The van der Waals surface area contributed by atoms with Crippen LogP contribution in [0.4, 0.5) is 5.69 Å². The van der Waals surface area contributed by atoms with Crippen LogP contribution in [0.5, 0.6) is 0 Å². The molecule has 6 nitrogen and oxygen atoms in total. The van der Waals surface area contributed by atoms with Crippen molar-refractivity contribution in [1.29, 1.82) is 0 Å². The Morgan fingerprint density at radius 2 is 1.67 bits per heavy atom. The Balaban J connectivity index is 1.08. The molecular formula is C34H36ClN3O3S2. The molecule has 2 aliphatic rings. The van der Waals surface area contributed by atoms with Gasteiger partial charge in [-0.1, -0.05) is 43.2 Å². The quantitative estimate of drug-likeness (QED) is 0.229. The highest BCUT2D eigenvalue weighted by atomic mass is 35.5. The number of sulfonamides is 1. The highest BCUT2D eigenvalue weighted by Gasteiger charge is 2.29. The van der Waals surface area contributed by atoms with Gasteiger partial charge in [0.05, 0.1) is 4.90 Å². The van der Waals surface area contributed by atoms with Gasteiger partial charge in [0.2, 0.25) is 0 Å². The summed E-state index contributed by atoms with van der Waals surface area (Å²) in [6.45, 7) is 9.28. The summed E-state index contributed by atoms with van der Waals surface area (Å²) in [5.74, 6) is -0.635. The summed E-state index contributed by atoms with van der Waals surface area (Å²) in [6.07, 6.45) is 3.38. The SMILES string of the molecule is CC1(C)CCC(CN2CCN(c3ccc(S(=O)(=O)NC(=O)c4ccc5sccc5c4)cc3)CC2)=C(c2ccc(Cl)cc2)C1. The number of nitrogens with one attached hydrogen (secondary N) is 1. The van der Waals surface area contributed by atoms with Gasteiger partial charge in [-0.15, -0.1) is 11.3 Å². The number of amides is 1. The van der Waals surface area contributed by atoms with E-state index in [0.29, 0.717) is 5.56 Å². The number of benzene rings is 3. The Morgan fingerprint density at radius 3 is 2.40 bits per heavy atom. The molecule has 224 valence electrons. The second kappa shape index (κ2) is 12.1. The average molecular weight is 634 g/mol. The number of halogens is 1. The zero-order valence-electron chi connectivity index (χ0n) is 24.5. The summed E-state index contributed by atoms with van der Waals surface area (Å²) in [7, 11) is -4.00. The minimum atomic E-state index is -4.00. The van der Waals surface area contributed by atoms with E-state index in [4.69, 9.17) is 11.6 Å². The van der Waals surface area contributed by atoms with Crippen LogP contribution in [0.1, 0.15) is 49.0 Å². The predicted octanol–water partition coefficient (Wildman–Crippen LogP) is 7.46. The van der Waals surface area contributed by atoms with E-state index in [9.17, 15) is 13.2 Å². The largest absolute Gasteiger partial charge is 0.369 e. The Hall–Kier alpha value is -3.17. The lowest BCUT2D eigenvalue weighted by Gasteiger charge is -2.39. The molecule has 1 fully saturated rings. The third-order valence-electron chi connectivity index (χ3n) is 8.62. The van der Waals surface area contributed by atoms with Gasteiger partial charge < -0.3 is 4.90 Å². The normalized spacial score (nSPS) is 17.8. The van der Waals surface area contributed by atoms with Crippen molar-refractivity contribution in [3.63, 3.8) is 0 Å². The summed E-state index contributed by atoms with van der Waals surface area (Å²) in [6, 6.07) is 22.2. The van der Waals surface area contributed by atoms with Crippen molar-refractivity contribution in [3.05, 3.63) is 99.9 Å². The fourth-order valence-corrected chi connectivity index (χ4v) is 7.95. The second-order valence-electron chi connectivity index (χ2n) is 12.3. The van der Waals surface area contributed by atoms with Crippen molar-refractivity contribution in [2.45, 2.75) is 38.0 Å². The number of hydrogen-bond donors (Lipinski definition) is 1. The standard InChI is InChI=1S/C34H36ClN3O3S2/c1-34(2)15-13-27(31(22-34)24-3-6-28(35)7-4-24)23-37-16-18-38(19-17-37)29-8-10-30(11-9-29)43(40,41)36-33(39)26-5-12-32-25(21-26)14-20-42-32/h3-12,14,20-21H,13,15-19,22-23H2,1-2H3,(H,36,39). The predicted molar refractivity (Wildman–Crippen MR) is 178 cm³/mol. The second-order valence-corrected chi connectivity index (χ2v) is 15.4. The molecule has 1 aliphatic carbocycles. The van der Waals surface area contributed by atoms with Crippen molar-refractivity contribution in [2.24, 2.45) is 5.41 Å². The molecule has 9 heteroatoms. The van der Waals surface area contributed by atoms with Gasteiger partial charge >= 0.3 is 0 Å². The fourth-order valence-electron chi connectivity index (χ4n) is 6.08. The van der Waals surface area contributed by atoms with Crippen LogP contribution in [0.15, 0.2) is 88.6 Å². The maximum absolute atomic E-state index is 13.0.